The van der Waals surface area contributed by atoms with Gasteiger partial charge in [0.05, 0.1) is 11.4 Å². The van der Waals surface area contributed by atoms with Crippen LogP contribution in [0.4, 0.5) is 5.69 Å². The topological polar surface area (TPSA) is 86.1 Å². The summed E-state index contributed by atoms with van der Waals surface area (Å²) in [5, 5.41) is 11.3. The zero-order chi connectivity index (χ0) is 21.8. The number of carbonyl (C=O) groups is 1. The van der Waals surface area contributed by atoms with E-state index in [2.05, 4.69) is 15.6 Å². The average molecular weight is 439 g/mol. The van der Waals surface area contributed by atoms with Crippen molar-refractivity contribution in [1.82, 2.24) is 15.0 Å². The Labute approximate surface area is 184 Å². The van der Waals surface area contributed by atoms with E-state index in [9.17, 15) is 9.00 Å². The second-order valence-corrected chi connectivity index (χ2v) is 9.48. The van der Waals surface area contributed by atoms with Gasteiger partial charge in [-0.25, -0.2) is 4.68 Å². The third-order valence-corrected chi connectivity index (χ3v) is 7.25. The lowest BCUT2D eigenvalue weighted by Gasteiger charge is -2.21. The third-order valence-electron chi connectivity index (χ3n) is 5.42. The molecule has 3 aromatic rings. The van der Waals surface area contributed by atoms with Crippen LogP contribution in [0.25, 0.3) is 5.69 Å². The highest BCUT2D eigenvalue weighted by atomic mass is 32.2. The number of aryl methyl sites for hydroxylation is 1. The van der Waals surface area contributed by atoms with Crippen LogP contribution in [0.2, 0.25) is 0 Å². The van der Waals surface area contributed by atoms with Gasteiger partial charge in [0.15, 0.2) is 5.69 Å². The van der Waals surface area contributed by atoms with Crippen molar-refractivity contribution >= 4 is 22.4 Å². The molecule has 1 N–H and O–H groups in total. The number of amides is 1. The summed E-state index contributed by atoms with van der Waals surface area (Å²) in [6.07, 6.45) is 1.66. The number of hydrogen-bond acceptors (Lipinski definition) is 5. The van der Waals surface area contributed by atoms with Gasteiger partial charge in [-0.05, 0) is 56.5 Å². The number of carbonyl (C=O) groups excluding carboxylic acids is 1. The standard InChI is InChI=1S/C23H26N4O3S/c1-16-6-8-20(9-7-16)27-17(2)22(25-26-27)23(28)24-19-5-3-4-18(14-19)15-31(29)21-10-12-30-13-11-21/h3-9,14,21H,10-13,15H2,1-2H3,(H,24,28). The number of rotatable bonds is 6. The molecule has 1 aromatic heterocycles. The number of benzene rings is 2. The lowest BCUT2D eigenvalue weighted by Crippen LogP contribution is -2.25. The number of nitrogens with one attached hydrogen (secondary N) is 1. The molecule has 1 saturated heterocycles. The second-order valence-electron chi connectivity index (χ2n) is 7.76. The molecular formula is C23H26N4O3S. The Bertz CT molecular complexity index is 1090. The van der Waals surface area contributed by atoms with Crippen LogP contribution in [0, 0.1) is 13.8 Å². The molecule has 8 heteroatoms. The van der Waals surface area contributed by atoms with Crippen molar-refractivity contribution in [3.63, 3.8) is 0 Å². The highest BCUT2D eigenvalue weighted by Crippen LogP contribution is 2.20. The molecule has 0 bridgehead atoms. The van der Waals surface area contributed by atoms with Gasteiger partial charge in [0.25, 0.3) is 5.91 Å². The second kappa shape index (κ2) is 9.53. The van der Waals surface area contributed by atoms with E-state index in [1.54, 1.807) is 4.68 Å². The lowest BCUT2D eigenvalue weighted by molar-refractivity contribution is 0.0991. The average Bonchev–Trinajstić information content (AvgIpc) is 3.16. The Balaban J connectivity index is 1.45. The molecular weight excluding hydrogens is 412 g/mol. The summed E-state index contributed by atoms with van der Waals surface area (Å²) in [6, 6.07) is 15.4. The number of ether oxygens (including phenoxy) is 1. The first kappa shape index (κ1) is 21.4. The summed E-state index contributed by atoms with van der Waals surface area (Å²) in [4.78, 5) is 12.8. The van der Waals surface area contributed by atoms with Gasteiger partial charge in [0, 0.05) is 40.7 Å². The minimum Gasteiger partial charge on any atom is -0.381 e. The van der Waals surface area contributed by atoms with Crippen molar-refractivity contribution in [3.8, 4) is 5.69 Å². The molecule has 7 nitrogen and oxygen atoms in total. The van der Waals surface area contributed by atoms with Gasteiger partial charge >= 0.3 is 0 Å². The molecule has 1 aliphatic heterocycles. The van der Waals surface area contributed by atoms with Crippen molar-refractivity contribution in [3.05, 3.63) is 71.0 Å². The number of hydrogen-bond donors (Lipinski definition) is 1. The van der Waals surface area contributed by atoms with Gasteiger partial charge in [0.1, 0.15) is 0 Å². The molecule has 0 spiro atoms. The Morgan fingerprint density at radius 1 is 1.16 bits per heavy atom. The normalized spacial score (nSPS) is 15.5. The summed E-state index contributed by atoms with van der Waals surface area (Å²) in [5.74, 6) is 0.148. The van der Waals surface area contributed by atoms with E-state index >= 15 is 0 Å². The molecule has 31 heavy (non-hydrogen) atoms. The Kier molecular flexibility index (Phi) is 6.58. The van der Waals surface area contributed by atoms with E-state index in [4.69, 9.17) is 4.74 Å². The largest absolute Gasteiger partial charge is 0.381 e. The molecule has 1 aliphatic rings. The highest BCUT2D eigenvalue weighted by Gasteiger charge is 2.21. The molecule has 4 rings (SSSR count). The summed E-state index contributed by atoms with van der Waals surface area (Å²) in [7, 11) is -0.956. The smallest absolute Gasteiger partial charge is 0.278 e. The van der Waals surface area contributed by atoms with Crippen LogP contribution in [-0.2, 0) is 21.3 Å². The molecule has 2 heterocycles. The molecule has 0 aliphatic carbocycles. The minimum atomic E-state index is -0.956. The minimum absolute atomic E-state index is 0.173. The van der Waals surface area contributed by atoms with Crippen LogP contribution in [-0.4, -0.2) is 43.6 Å². The van der Waals surface area contributed by atoms with Crippen molar-refractivity contribution in [2.45, 2.75) is 37.7 Å². The van der Waals surface area contributed by atoms with Crippen molar-refractivity contribution in [2.24, 2.45) is 0 Å². The predicted octanol–water partition coefficient (Wildman–Crippen LogP) is 3.56. The summed E-state index contributed by atoms with van der Waals surface area (Å²) in [5.41, 5.74) is 4.53. The van der Waals surface area contributed by atoms with Gasteiger partial charge < -0.3 is 10.1 Å². The maximum Gasteiger partial charge on any atom is 0.278 e. The van der Waals surface area contributed by atoms with Gasteiger partial charge in [-0.2, -0.15) is 0 Å². The molecule has 162 valence electrons. The maximum absolute atomic E-state index is 12.8. The van der Waals surface area contributed by atoms with Crippen LogP contribution in [0.5, 0.6) is 0 Å². The Morgan fingerprint density at radius 3 is 2.65 bits per heavy atom. The number of anilines is 1. The fraction of sp³-hybridized carbons (Fsp3) is 0.348. The maximum atomic E-state index is 12.8. The summed E-state index contributed by atoms with van der Waals surface area (Å²) < 4.78 is 19.7. The zero-order valence-electron chi connectivity index (χ0n) is 17.7. The zero-order valence-corrected chi connectivity index (χ0v) is 18.5. The molecule has 1 atom stereocenters. The van der Waals surface area contributed by atoms with E-state index < -0.39 is 10.8 Å². The first-order chi connectivity index (χ1) is 15.0. The Morgan fingerprint density at radius 2 is 1.90 bits per heavy atom. The molecule has 2 aromatic carbocycles. The first-order valence-corrected chi connectivity index (χ1v) is 11.7. The number of aromatic nitrogens is 3. The molecule has 1 fully saturated rings. The van der Waals surface area contributed by atoms with Crippen LogP contribution >= 0.6 is 0 Å². The monoisotopic (exact) mass is 438 g/mol. The van der Waals surface area contributed by atoms with E-state index in [0.717, 1.165) is 29.7 Å². The fourth-order valence-electron chi connectivity index (χ4n) is 3.62. The van der Waals surface area contributed by atoms with Crippen molar-refractivity contribution < 1.29 is 13.7 Å². The van der Waals surface area contributed by atoms with Gasteiger partial charge in [-0.1, -0.05) is 35.0 Å². The Hall–Kier alpha value is -2.84. The third kappa shape index (κ3) is 5.08. The van der Waals surface area contributed by atoms with Crippen LogP contribution in [0.15, 0.2) is 48.5 Å². The van der Waals surface area contributed by atoms with Crippen LogP contribution in [0.1, 0.15) is 40.2 Å². The van der Waals surface area contributed by atoms with Crippen LogP contribution in [0.3, 0.4) is 0 Å². The number of nitrogens with zero attached hydrogens (tertiary/aromatic N) is 3. The predicted molar refractivity (Wildman–Crippen MR) is 121 cm³/mol. The van der Waals surface area contributed by atoms with E-state index in [-0.39, 0.29) is 16.9 Å². The molecule has 0 saturated carbocycles. The van der Waals surface area contributed by atoms with E-state index in [1.165, 1.54) is 0 Å². The van der Waals surface area contributed by atoms with Gasteiger partial charge in [0.2, 0.25) is 0 Å². The molecule has 1 amide bonds. The molecule has 1 unspecified atom stereocenters. The van der Waals surface area contributed by atoms with Crippen LogP contribution < -0.4 is 5.32 Å². The van der Waals surface area contributed by atoms with E-state index in [1.807, 2.05) is 62.4 Å². The summed E-state index contributed by atoms with van der Waals surface area (Å²) >= 11 is 0. The van der Waals surface area contributed by atoms with Crippen molar-refractivity contribution in [2.75, 3.05) is 18.5 Å². The fourth-order valence-corrected chi connectivity index (χ4v) is 5.08. The highest BCUT2D eigenvalue weighted by molar-refractivity contribution is 7.84. The molecule has 0 radical (unpaired) electrons. The quantitative estimate of drug-likeness (QED) is 0.636. The SMILES string of the molecule is Cc1ccc(-n2nnc(C(=O)Nc3cccc(CS(=O)C4CCOCC4)c3)c2C)cc1. The van der Waals surface area contributed by atoms with Gasteiger partial charge in [-0.3, -0.25) is 9.00 Å². The first-order valence-electron chi connectivity index (χ1n) is 10.4. The lowest BCUT2D eigenvalue weighted by atomic mass is 10.2. The van der Waals surface area contributed by atoms with Gasteiger partial charge in [-0.15, -0.1) is 5.10 Å². The van der Waals surface area contributed by atoms with Crippen molar-refractivity contribution in [1.29, 1.82) is 0 Å². The van der Waals surface area contributed by atoms with E-state index in [0.29, 0.717) is 30.3 Å². The summed E-state index contributed by atoms with van der Waals surface area (Å²) in [6.45, 7) is 5.19.